The van der Waals surface area contributed by atoms with Crippen LogP contribution in [0.4, 0.5) is 0 Å². The summed E-state index contributed by atoms with van der Waals surface area (Å²) in [5, 5.41) is 0. The van der Waals surface area contributed by atoms with Crippen LogP contribution in [0.1, 0.15) is 120 Å². The van der Waals surface area contributed by atoms with Crippen LogP contribution in [-0.2, 0) is 10.8 Å². The molecule has 0 N–H and O–H groups in total. The molecule has 64 heavy (non-hydrogen) atoms. The number of fused-ring (bicyclic) bond motifs is 1. The first-order valence-corrected chi connectivity index (χ1v) is 24.8. The Kier molecular flexibility index (Phi) is 10.4. The SMILES string of the molecule is C(=Cc1cc(C=Cc2ccccc2)cc(C23CC4CC(CC(C4)C2C2C4CC5CC(C4)CC2(c2cc(C=Cc4ccccc4)cc(C=Cc4ccccc4)c2)C5)C3)c1)c1ccccc1. The molecule has 14 rings (SSSR count). The second-order valence-electron chi connectivity index (χ2n) is 21.3. The van der Waals surface area contributed by atoms with Crippen LogP contribution in [0.15, 0.2) is 158 Å². The van der Waals surface area contributed by atoms with Crippen molar-refractivity contribution in [2.45, 2.75) is 75.0 Å². The van der Waals surface area contributed by atoms with Crippen molar-refractivity contribution in [3.05, 3.63) is 213 Å². The molecule has 8 bridgehead atoms. The average molecular weight is 831 g/mol. The van der Waals surface area contributed by atoms with Gasteiger partial charge in [0.1, 0.15) is 0 Å². The third kappa shape index (κ3) is 7.62. The molecule has 8 fully saturated rings. The van der Waals surface area contributed by atoms with E-state index in [2.05, 4.69) is 206 Å². The van der Waals surface area contributed by atoms with E-state index in [0.717, 1.165) is 35.5 Å². The Morgan fingerprint density at radius 3 is 0.797 bits per heavy atom. The van der Waals surface area contributed by atoms with Crippen LogP contribution in [0.3, 0.4) is 0 Å². The number of benzene rings is 6. The lowest BCUT2D eigenvalue weighted by molar-refractivity contribution is -0.163. The quantitative estimate of drug-likeness (QED) is 0.114. The molecule has 318 valence electrons. The number of hydrogen-bond acceptors (Lipinski definition) is 0. The van der Waals surface area contributed by atoms with Gasteiger partial charge in [-0.15, -0.1) is 0 Å². The van der Waals surface area contributed by atoms with Crippen LogP contribution in [0, 0.1) is 47.3 Å². The summed E-state index contributed by atoms with van der Waals surface area (Å²) < 4.78 is 0. The van der Waals surface area contributed by atoms with Gasteiger partial charge in [0, 0.05) is 0 Å². The first-order chi connectivity index (χ1) is 31.5. The van der Waals surface area contributed by atoms with Gasteiger partial charge in [0.05, 0.1) is 0 Å². The highest BCUT2D eigenvalue weighted by molar-refractivity contribution is 5.77. The van der Waals surface area contributed by atoms with E-state index in [0.29, 0.717) is 11.8 Å². The lowest BCUT2D eigenvalue weighted by Crippen LogP contribution is -2.65. The topological polar surface area (TPSA) is 0 Å². The van der Waals surface area contributed by atoms with Crippen LogP contribution in [0.5, 0.6) is 0 Å². The van der Waals surface area contributed by atoms with Gasteiger partial charge in [-0.05, 0) is 190 Å². The molecule has 8 aliphatic carbocycles. The summed E-state index contributed by atoms with van der Waals surface area (Å²) in [7, 11) is 0. The van der Waals surface area contributed by atoms with Gasteiger partial charge in [-0.25, -0.2) is 0 Å². The van der Waals surface area contributed by atoms with Crippen LogP contribution < -0.4 is 0 Å². The van der Waals surface area contributed by atoms with Crippen molar-refractivity contribution in [1.82, 2.24) is 0 Å². The third-order valence-corrected chi connectivity index (χ3v) is 17.3. The van der Waals surface area contributed by atoms with Gasteiger partial charge in [-0.2, -0.15) is 0 Å². The fraction of sp³-hybridized carbons (Fsp3) is 0.312. The van der Waals surface area contributed by atoms with Crippen molar-refractivity contribution < 1.29 is 0 Å². The summed E-state index contributed by atoms with van der Waals surface area (Å²) in [6.07, 6.45) is 33.1. The fourth-order valence-electron chi connectivity index (χ4n) is 15.6. The Labute approximate surface area is 382 Å². The summed E-state index contributed by atoms with van der Waals surface area (Å²) in [6, 6.07) is 59.1. The van der Waals surface area contributed by atoms with E-state index in [1.54, 1.807) is 11.1 Å². The minimum atomic E-state index is 0.203. The molecule has 8 saturated carbocycles. The highest BCUT2D eigenvalue weighted by atomic mass is 14.7. The Morgan fingerprint density at radius 1 is 0.281 bits per heavy atom. The molecule has 6 aromatic rings. The Hall–Kier alpha value is -5.72. The van der Waals surface area contributed by atoms with Crippen molar-refractivity contribution in [3.63, 3.8) is 0 Å². The molecule has 0 spiro atoms. The molecule has 6 aromatic carbocycles. The average Bonchev–Trinajstić information content (AvgIpc) is 3.33. The Bertz CT molecular complexity index is 2360. The Balaban J connectivity index is 1.01. The highest BCUT2D eigenvalue weighted by Crippen LogP contribution is 2.73. The van der Waals surface area contributed by atoms with E-state index in [1.165, 1.54) is 109 Å². The van der Waals surface area contributed by atoms with Crippen molar-refractivity contribution in [3.8, 4) is 0 Å². The molecular weight excluding hydrogens is 769 g/mol. The molecule has 8 aliphatic rings. The lowest BCUT2D eigenvalue weighted by atomic mass is 9.33. The van der Waals surface area contributed by atoms with E-state index in [9.17, 15) is 0 Å². The molecule has 0 radical (unpaired) electrons. The van der Waals surface area contributed by atoms with Crippen molar-refractivity contribution in [2.75, 3.05) is 0 Å². The number of hydrogen-bond donors (Lipinski definition) is 0. The minimum Gasteiger partial charge on any atom is -0.0622 e. The van der Waals surface area contributed by atoms with E-state index in [-0.39, 0.29) is 10.8 Å². The summed E-state index contributed by atoms with van der Waals surface area (Å²) in [5.41, 5.74) is 14.1. The van der Waals surface area contributed by atoms with Crippen LogP contribution in [0.2, 0.25) is 0 Å². The van der Waals surface area contributed by atoms with Crippen molar-refractivity contribution in [2.24, 2.45) is 47.3 Å². The van der Waals surface area contributed by atoms with Crippen LogP contribution in [0.25, 0.3) is 48.6 Å². The standard InChI is InChI=1S/C64H62/c1-5-13-45(14-6-1)21-25-49-29-50(26-22-46-15-7-2-8-16-46)38-59(37-49)63-41-53-31-54(42-63)34-57(33-53)61(63)62-58-35-55-32-56(36-58)44-64(62,43-55)60-39-51(27-23-47-17-9-3-10-18-47)30-52(40-60)28-24-48-19-11-4-12-20-48/h1-30,37-40,53-58,61-62H,31-36,41-44H2. The van der Waals surface area contributed by atoms with Gasteiger partial charge in [0.25, 0.3) is 0 Å². The Morgan fingerprint density at radius 2 is 0.531 bits per heavy atom. The summed E-state index contributed by atoms with van der Waals surface area (Å²) in [4.78, 5) is 0. The van der Waals surface area contributed by atoms with E-state index >= 15 is 0 Å². The first-order valence-electron chi connectivity index (χ1n) is 24.8. The predicted molar refractivity (Wildman–Crippen MR) is 272 cm³/mol. The zero-order valence-corrected chi connectivity index (χ0v) is 37.3. The highest BCUT2D eigenvalue weighted by Gasteiger charge is 2.67. The smallest absolute Gasteiger partial charge is 0.000735 e. The maximum atomic E-state index is 2.67. The summed E-state index contributed by atoms with van der Waals surface area (Å²) in [6.45, 7) is 0. The molecule has 0 heterocycles. The molecule has 0 saturated heterocycles. The normalized spacial score (nSPS) is 31.3. The zero-order chi connectivity index (χ0) is 42.5. The van der Waals surface area contributed by atoms with Gasteiger partial charge in [0.2, 0.25) is 0 Å². The van der Waals surface area contributed by atoms with Gasteiger partial charge in [-0.3, -0.25) is 0 Å². The second-order valence-corrected chi connectivity index (χ2v) is 21.3. The van der Waals surface area contributed by atoms with Crippen molar-refractivity contribution >= 4 is 48.6 Å². The zero-order valence-electron chi connectivity index (χ0n) is 37.3. The lowest BCUT2D eigenvalue weighted by Gasteiger charge is -2.71. The molecule has 6 unspecified atom stereocenters. The number of rotatable bonds is 11. The van der Waals surface area contributed by atoms with E-state index in [4.69, 9.17) is 0 Å². The molecule has 0 heteroatoms. The summed E-state index contributed by atoms with van der Waals surface area (Å²) in [5.74, 6) is 6.47. The molecular formula is C64H62. The van der Waals surface area contributed by atoms with Gasteiger partial charge < -0.3 is 0 Å². The van der Waals surface area contributed by atoms with E-state index < -0.39 is 0 Å². The van der Waals surface area contributed by atoms with Crippen LogP contribution >= 0.6 is 0 Å². The maximum Gasteiger partial charge on any atom is -0.000735 e. The molecule has 0 amide bonds. The maximum absolute atomic E-state index is 2.67. The van der Waals surface area contributed by atoms with E-state index in [1.807, 2.05) is 0 Å². The van der Waals surface area contributed by atoms with Crippen molar-refractivity contribution in [1.29, 1.82) is 0 Å². The molecule has 0 aromatic heterocycles. The largest absolute Gasteiger partial charge is 0.0622 e. The van der Waals surface area contributed by atoms with Gasteiger partial charge >= 0.3 is 0 Å². The second kappa shape index (κ2) is 16.7. The van der Waals surface area contributed by atoms with Gasteiger partial charge in [0.15, 0.2) is 0 Å². The van der Waals surface area contributed by atoms with Crippen LogP contribution in [-0.4, -0.2) is 0 Å². The third-order valence-electron chi connectivity index (χ3n) is 17.3. The molecule has 0 aliphatic heterocycles. The monoisotopic (exact) mass is 830 g/mol. The first kappa shape index (κ1) is 39.8. The molecule has 0 nitrogen and oxygen atoms in total. The minimum absolute atomic E-state index is 0.203. The predicted octanol–water partition coefficient (Wildman–Crippen LogP) is 16.5. The molecule has 6 atom stereocenters. The fourth-order valence-corrected chi connectivity index (χ4v) is 15.6. The summed E-state index contributed by atoms with van der Waals surface area (Å²) >= 11 is 0. The van der Waals surface area contributed by atoms with Gasteiger partial charge in [-0.1, -0.05) is 194 Å².